The molecule has 1 heterocycles. The minimum absolute atomic E-state index is 0.676. The van der Waals surface area contributed by atoms with Crippen LogP contribution in [-0.2, 0) is 12.8 Å². The zero-order chi connectivity index (χ0) is 11.0. The van der Waals surface area contributed by atoms with E-state index in [9.17, 15) is 0 Å². The number of benzene rings is 1. The Kier molecular flexibility index (Phi) is 2.65. The molecule has 0 spiro atoms. The molecule has 0 bridgehead atoms. The van der Waals surface area contributed by atoms with Crippen LogP contribution in [0.1, 0.15) is 28.5 Å². The zero-order valence-electron chi connectivity index (χ0n) is 8.90. The maximum atomic E-state index is 5.20. The SMILES string of the molecule is S=c1[nH]c2c(s1)CC(c1ccccc1)CC2. The Morgan fingerprint density at radius 3 is 2.88 bits per heavy atom. The van der Waals surface area contributed by atoms with E-state index in [0.29, 0.717) is 5.92 Å². The van der Waals surface area contributed by atoms with Crippen molar-refractivity contribution in [2.45, 2.75) is 25.2 Å². The topological polar surface area (TPSA) is 15.8 Å². The van der Waals surface area contributed by atoms with Crippen molar-refractivity contribution in [1.82, 2.24) is 4.98 Å². The number of aromatic nitrogens is 1. The van der Waals surface area contributed by atoms with Crippen LogP contribution in [0.25, 0.3) is 0 Å². The lowest BCUT2D eigenvalue weighted by atomic mass is 9.85. The van der Waals surface area contributed by atoms with Crippen molar-refractivity contribution in [1.29, 1.82) is 0 Å². The van der Waals surface area contributed by atoms with Gasteiger partial charge < -0.3 is 4.98 Å². The van der Waals surface area contributed by atoms with Gasteiger partial charge in [0, 0.05) is 10.6 Å². The molecule has 0 saturated carbocycles. The lowest BCUT2D eigenvalue weighted by Gasteiger charge is -2.21. The van der Waals surface area contributed by atoms with E-state index in [0.717, 1.165) is 16.8 Å². The Bertz CT molecular complexity index is 539. The van der Waals surface area contributed by atoms with Crippen LogP contribution in [0.4, 0.5) is 0 Å². The van der Waals surface area contributed by atoms with Crippen LogP contribution in [0.3, 0.4) is 0 Å². The molecule has 82 valence electrons. The monoisotopic (exact) mass is 247 g/mol. The number of nitrogens with one attached hydrogen (secondary N) is 1. The van der Waals surface area contributed by atoms with Gasteiger partial charge in [-0.1, -0.05) is 30.3 Å². The molecule has 1 aromatic heterocycles. The first kappa shape index (κ1) is 10.2. The van der Waals surface area contributed by atoms with Crippen molar-refractivity contribution in [3.8, 4) is 0 Å². The van der Waals surface area contributed by atoms with E-state index < -0.39 is 0 Å². The number of thiazole rings is 1. The van der Waals surface area contributed by atoms with Crippen molar-refractivity contribution >= 4 is 23.6 Å². The van der Waals surface area contributed by atoms with Gasteiger partial charge in [-0.2, -0.15) is 0 Å². The Morgan fingerprint density at radius 1 is 1.25 bits per heavy atom. The van der Waals surface area contributed by atoms with E-state index in [1.54, 1.807) is 11.3 Å². The summed E-state index contributed by atoms with van der Waals surface area (Å²) in [6.07, 6.45) is 3.53. The van der Waals surface area contributed by atoms with Gasteiger partial charge in [-0.05, 0) is 43.0 Å². The first-order chi connectivity index (χ1) is 7.83. The minimum atomic E-state index is 0.676. The maximum absolute atomic E-state index is 5.20. The average Bonchev–Trinajstić information content (AvgIpc) is 2.69. The fraction of sp³-hybridized carbons (Fsp3) is 0.308. The van der Waals surface area contributed by atoms with E-state index in [1.165, 1.54) is 22.6 Å². The number of aromatic amines is 1. The molecule has 0 saturated heterocycles. The first-order valence-electron chi connectivity index (χ1n) is 5.59. The quantitative estimate of drug-likeness (QED) is 0.751. The second-order valence-corrected chi connectivity index (χ2v) is 6.04. The standard InChI is InChI=1S/C13H13NS2/c15-13-14-11-7-6-10(8-12(11)16-13)9-4-2-1-3-5-9/h1-5,10H,6-8H2,(H,14,15). The number of hydrogen-bond donors (Lipinski definition) is 1. The molecule has 1 atom stereocenters. The number of aryl methyl sites for hydroxylation is 1. The average molecular weight is 247 g/mol. The van der Waals surface area contributed by atoms with Crippen LogP contribution in [0.5, 0.6) is 0 Å². The van der Waals surface area contributed by atoms with Crippen LogP contribution < -0.4 is 0 Å². The van der Waals surface area contributed by atoms with Crippen molar-refractivity contribution in [2.75, 3.05) is 0 Å². The summed E-state index contributed by atoms with van der Waals surface area (Å²) in [5.74, 6) is 0.676. The van der Waals surface area contributed by atoms with E-state index in [4.69, 9.17) is 12.2 Å². The molecule has 0 aliphatic heterocycles. The van der Waals surface area contributed by atoms with Crippen LogP contribution in [0.15, 0.2) is 30.3 Å². The lowest BCUT2D eigenvalue weighted by molar-refractivity contribution is 0.584. The third-order valence-electron chi connectivity index (χ3n) is 3.25. The predicted molar refractivity (Wildman–Crippen MR) is 70.7 cm³/mol. The van der Waals surface area contributed by atoms with E-state index >= 15 is 0 Å². The lowest BCUT2D eigenvalue weighted by Crippen LogP contribution is -2.11. The second kappa shape index (κ2) is 4.15. The molecule has 1 nitrogen and oxygen atoms in total. The smallest absolute Gasteiger partial charge is 0.158 e. The van der Waals surface area contributed by atoms with E-state index in [1.807, 2.05) is 0 Å². The Labute approximate surface area is 104 Å². The summed E-state index contributed by atoms with van der Waals surface area (Å²) in [6.45, 7) is 0. The van der Waals surface area contributed by atoms with Crippen molar-refractivity contribution < 1.29 is 0 Å². The zero-order valence-corrected chi connectivity index (χ0v) is 10.5. The Morgan fingerprint density at radius 2 is 2.06 bits per heavy atom. The molecule has 0 fully saturated rings. The normalized spacial score (nSPS) is 19.4. The molecule has 1 unspecified atom stereocenters. The van der Waals surface area contributed by atoms with Crippen LogP contribution in [0, 0.1) is 3.95 Å². The molecular weight excluding hydrogens is 234 g/mol. The highest BCUT2D eigenvalue weighted by molar-refractivity contribution is 7.73. The van der Waals surface area contributed by atoms with Gasteiger partial charge in [0.1, 0.15) is 0 Å². The van der Waals surface area contributed by atoms with E-state index in [-0.39, 0.29) is 0 Å². The number of rotatable bonds is 1. The largest absolute Gasteiger partial charge is 0.341 e. The number of hydrogen-bond acceptors (Lipinski definition) is 2. The van der Waals surface area contributed by atoms with Gasteiger partial charge in [0.25, 0.3) is 0 Å². The van der Waals surface area contributed by atoms with Gasteiger partial charge in [0.2, 0.25) is 0 Å². The van der Waals surface area contributed by atoms with Crippen LogP contribution in [-0.4, -0.2) is 4.98 Å². The van der Waals surface area contributed by atoms with Crippen LogP contribution >= 0.6 is 23.6 Å². The molecule has 1 aliphatic rings. The van der Waals surface area contributed by atoms with Crippen molar-refractivity contribution in [3.63, 3.8) is 0 Å². The summed E-state index contributed by atoms with van der Waals surface area (Å²) in [4.78, 5) is 4.76. The molecule has 1 aromatic carbocycles. The highest BCUT2D eigenvalue weighted by Crippen LogP contribution is 2.34. The molecule has 3 rings (SSSR count). The summed E-state index contributed by atoms with van der Waals surface area (Å²) in [5, 5.41) is 0. The Balaban J connectivity index is 1.91. The first-order valence-corrected chi connectivity index (χ1v) is 6.81. The minimum Gasteiger partial charge on any atom is -0.341 e. The van der Waals surface area contributed by atoms with Gasteiger partial charge in [-0.3, -0.25) is 0 Å². The molecule has 16 heavy (non-hydrogen) atoms. The predicted octanol–water partition coefficient (Wildman–Crippen LogP) is 4.08. The molecule has 1 N–H and O–H groups in total. The third kappa shape index (κ3) is 1.85. The van der Waals surface area contributed by atoms with Gasteiger partial charge in [-0.15, -0.1) is 11.3 Å². The summed E-state index contributed by atoms with van der Waals surface area (Å²) >= 11 is 6.95. The number of fused-ring (bicyclic) bond motifs is 1. The summed E-state index contributed by atoms with van der Waals surface area (Å²) in [7, 11) is 0. The fourth-order valence-corrected chi connectivity index (χ4v) is 3.80. The molecule has 0 amide bonds. The van der Waals surface area contributed by atoms with Gasteiger partial charge >= 0.3 is 0 Å². The highest BCUT2D eigenvalue weighted by Gasteiger charge is 2.21. The number of H-pyrrole nitrogens is 1. The van der Waals surface area contributed by atoms with Crippen LogP contribution in [0.2, 0.25) is 0 Å². The second-order valence-electron chi connectivity index (χ2n) is 4.27. The van der Waals surface area contributed by atoms with Crippen molar-refractivity contribution in [3.05, 3.63) is 50.4 Å². The van der Waals surface area contributed by atoms with E-state index in [2.05, 4.69) is 35.3 Å². The molecule has 3 heteroatoms. The molecular formula is C13H13NS2. The molecule has 0 radical (unpaired) electrons. The summed E-state index contributed by atoms with van der Waals surface area (Å²) < 4.78 is 0.929. The highest BCUT2D eigenvalue weighted by atomic mass is 32.1. The van der Waals surface area contributed by atoms with Crippen molar-refractivity contribution in [2.24, 2.45) is 0 Å². The third-order valence-corrected chi connectivity index (χ3v) is 4.55. The van der Waals surface area contributed by atoms with Gasteiger partial charge in [0.15, 0.2) is 3.95 Å². The Hall–Kier alpha value is -0.930. The van der Waals surface area contributed by atoms with Gasteiger partial charge in [-0.25, -0.2) is 0 Å². The molecule has 1 aliphatic carbocycles. The molecule has 2 aromatic rings. The summed E-state index contributed by atoms with van der Waals surface area (Å²) in [6, 6.07) is 10.8. The summed E-state index contributed by atoms with van der Waals surface area (Å²) in [5.41, 5.74) is 2.84. The fourth-order valence-electron chi connectivity index (χ4n) is 2.41. The van der Waals surface area contributed by atoms with Gasteiger partial charge in [0.05, 0.1) is 0 Å². The maximum Gasteiger partial charge on any atom is 0.158 e.